The third kappa shape index (κ3) is 5.00. The first kappa shape index (κ1) is 21.8. The number of anilines is 2. The van der Waals surface area contributed by atoms with Gasteiger partial charge in [-0.25, -0.2) is 9.59 Å². The van der Waals surface area contributed by atoms with Gasteiger partial charge in [-0.15, -0.1) is 0 Å². The molecule has 1 unspecified atom stereocenters. The van der Waals surface area contributed by atoms with Crippen molar-refractivity contribution in [3.8, 4) is 5.75 Å². The molecule has 2 aromatic rings. The fourth-order valence-corrected chi connectivity index (χ4v) is 3.02. The van der Waals surface area contributed by atoms with Gasteiger partial charge in [0, 0.05) is 5.69 Å². The lowest BCUT2D eigenvalue weighted by Gasteiger charge is -2.32. The number of hydrogen-bond donors (Lipinski definition) is 2. The van der Waals surface area contributed by atoms with E-state index >= 15 is 0 Å². The van der Waals surface area contributed by atoms with Gasteiger partial charge in [-0.3, -0.25) is 14.5 Å². The Morgan fingerprint density at radius 3 is 2.39 bits per heavy atom. The Bertz CT molecular complexity index is 1030. The summed E-state index contributed by atoms with van der Waals surface area (Å²) in [5, 5.41) is 11.9. The number of carboxylic acid groups (broad SMARTS) is 1. The van der Waals surface area contributed by atoms with Crippen molar-refractivity contribution in [3.05, 3.63) is 53.6 Å². The molecule has 2 aromatic carbocycles. The number of benzene rings is 2. The van der Waals surface area contributed by atoms with Crippen LogP contribution in [-0.4, -0.2) is 47.6 Å². The second kappa shape index (κ2) is 8.86. The molecule has 31 heavy (non-hydrogen) atoms. The zero-order valence-corrected chi connectivity index (χ0v) is 17.2. The van der Waals surface area contributed by atoms with E-state index in [1.165, 1.54) is 35.2 Å². The molecule has 1 atom stereocenters. The monoisotopic (exact) mass is 426 g/mol. The summed E-state index contributed by atoms with van der Waals surface area (Å²) in [5.74, 6) is -2.26. The van der Waals surface area contributed by atoms with Crippen molar-refractivity contribution < 1.29 is 33.8 Å². The largest absolute Gasteiger partial charge is 0.479 e. The molecule has 1 aliphatic rings. The minimum Gasteiger partial charge on any atom is -0.479 e. The van der Waals surface area contributed by atoms with Gasteiger partial charge < -0.3 is 19.9 Å². The topological polar surface area (TPSA) is 122 Å². The first-order valence-corrected chi connectivity index (χ1v) is 9.62. The van der Waals surface area contributed by atoms with Gasteiger partial charge in [-0.1, -0.05) is 0 Å². The number of carbonyl (C=O) groups excluding carboxylic acids is 3. The fourth-order valence-electron chi connectivity index (χ4n) is 3.02. The number of aromatic carboxylic acids is 1. The van der Waals surface area contributed by atoms with Crippen molar-refractivity contribution in [1.82, 2.24) is 0 Å². The van der Waals surface area contributed by atoms with E-state index in [1.807, 2.05) is 0 Å². The van der Waals surface area contributed by atoms with Gasteiger partial charge >= 0.3 is 11.9 Å². The Kier molecular flexibility index (Phi) is 6.24. The number of nitrogens with zero attached hydrogens (tertiary/aromatic N) is 1. The summed E-state index contributed by atoms with van der Waals surface area (Å²) in [5.41, 5.74) is 0.960. The molecule has 1 heterocycles. The van der Waals surface area contributed by atoms with Gasteiger partial charge in [0.05, 0.1) is 22.9 Å². The number of rotatable bonds is 6. The van der Waals surface area contributed by atoms with Crippen molar-refractivity contribution in [2.24, 2.45) is 0 Å². The van der Waals surface area contributed by atoms with Crippen LogP contribution in [0.2, 0.25) is 0 Å². The predicted octanol–water partition coefficient (Wildman–Crippen LogP) is 2.70. The third-order valence-electron chi connectivity index (χ3n) is 4.46. The molecule has 3 rings (SSSR count). The minimum atomic E-state index is -1.16. The van der Waals surface area contributed by atoms with Crippen LogP contribution in [0.25, 0.3) is 0 Å². The van der Waals surface area contributed by atoms with Gasteiger partial charge in [-0.2, -0.15) is 0 Å². The van der Waals surface area contributed by atoms with E-state index in [-0.39, 0.29) is 23.9 Å². The van der Waals surface area contributed by atoms with E-state index in [2.05, 4.69) is 5.32 Å². The lowest BCUT2D eigenvalue weighted by atomic mass is 10.1. The zero-order chi connectivity index (χ0) is 22.7. The molecule has 9 nitrogen and oxygen atoms in total. The molecule has 2 N–H and O–H groups in total. The maximum Gasteiger partial charge on any atom is 0.338 e. The number of nitrogens with one attached hydrogen (secondary N) is 1. The minimum absolute atomic E-state index is 0.0287. The zero-order valence-electron chi connectivity index (χ0n) is 17.2. The summed E-state index contributed by atoms with van der Waals surface area (Å²) in [6, 6.07) is 10.3. The Hall–Kier alpha value is -3.88. The molecular formula is C22H22N2O7. The summed E-state index contributed by atoms with van der Waals surface area (Å²) in [4.78, 5) is 49.5. The second-order valence-electron chi connectivity index (χ2n) is 7.25. The molecule has 0 bridgehead atoms. The van der Waals surface area contributed by atoms with Crippen molar-refractivity contribution in [2.75, 3.05) is 16.8 Å². The summed E-state index contributed by atoms with van der Waals surface area (Å²) < 4.78 is 10.6. The van der Waals surface area contributed by atoms with E-state index in [4.69, 9.17) is 9.47 Å². The highest BCUT2D eigenvalue weighted by molar-refractivity contribution is 6.07. The van der Waals surface area contributed by atoms with Gasteiger partial charge in [0.25, 0.3) is 5.91 Å². The number of carbonyl (C=O) groups is 4. The molecule has 0 aliphatic carbocycles. The number of esters is 1. The van der Waals surface area contributed by atoms with E-state index in [1.54, 1.807) is 32.9 Å². The van der Waals surface area contributed by atoms with E-state index < -0.39 is 29.9 Å². The Morgan fingerprint density at radius 1 is 1.13 bits per heavy atom. The molecule has 0 saturated heterocycles. The fraction of sp³-hybridized carbons (Fsp3) is 0.273. The highest BCUT2D eigenvalue weighted by atomic mass is 16.5. The third-order valence-corrected chi connectivity index (χ3v) is 4.46. The van der Waals surface area contributed by atoms with Crippen LogP contribution in [0.15, 0.2) is 42.5 Å². The lowest BCUT2D eigenvalue weighted by Crippen LogP contribution is -2.47. The van der Waals surface area contributed by atoms with Crippen molar-refractivity contribution in [2.45, 2.75) is 33.0 Å². The molecule has 162 valence electrons. The molecule has 0 saturated carbocycles. The van der Waals surface area contributed by atoms with Gasteiger partial charge in [0.15, 0.2) is 6.10 Å². The van der Waals surface area contributed by atoms with Crippen molar-refractivity contribution in [1.29, 1.82) is 0 Å². The number of hydrogen-bond acceptors (Lipinski definition) is 6. The first-order valence-electron chi connectivity index (χ1n) is 9.62. The highest BCUT2D eigenvalue weighted by Crippen LogP contribution is 2.35. The Morgan fingerprint density at radius 2 is 1.77 bits per heavy atom. The number of fused-ring (bicyclic) bond motifs is 1. The van der Waals surface area contributed by atoms with E-state index in [0.29, 0.717) is 17.0 Å². The number of carboxylic acids is 1. The predicted molar refractivity (Wildman–Crippen MR) is 111 cm³/mol. The Labute approximate surface area is 178 Å². The van der Waals surface area contributed by atoms with Crippen LogP contribution in [0.4, 0.5) is 11.4 Å². The van der Waals surface area contributed by atoms with Crippen LogP contribution in [0.1, 0.15) is 41.5 Å². The van der Waals surface area contributed by atoms with Gasteiger partial charge in [-0.05, 0) is 63.2 Å². The molecular weight excluding hydrogens is 404 g/mol. The average Bonchev–Trinajstić information content (AvgIpc) is 2.71. The molecule has 2 amide bonds. The van der Waals surface area contributed by atoms with Gasteiger partial charge in [0.2, 0.25) is 5.91 Å². The van der Waals surface area contributed by atoms with Gasteiger partial charge in [0.1, 0.15) is 12.3 Å². The standard InChI is InChI=1S/C22H22N2O7/c1-12(2)30-22(29)14-4-7-16(8-5-14)23-19(25)11-24-17-10-15(21(27)28)6-9-18(17)31-13(3)20(24)26/h4-10,12-13H,11H2,1-3H3,(H,23,25)(H,27,28). The molecule has 0 radical (unpaired) electrons. The maximum absolute atomic E-state index is 12.6. The second-order valence-corrected chi connectivity index (χ2v) is 7.25. The van der Waals surface area contributed by atoms with Crippen molar-refractivity contribution in [3.63, 3.8) is 0 Å². The van der Waals surface area contributed by atoms with Crippen molar-refractivity contribution >= 4 is 35.1 Å². The highest BCUT2D eigenvalue weighted by Gasteiger charge is 2.33. The first-order chi connectivity index (χ1) is 14.7. The average molecular weight is 426 g/mol. The smallest absolute Gasteiger partial charge is 0.338 e. The molecule has 0 spiro atoms. The maximum atomic E-state index is 12.6. The SMILES string of the molecule is CC(C)OC(=O)c1ccc(NC(=O)CN2C(=O)C(C)Oc3ccc(C(=O)O)cc32)cc1. The van der Waals surface area contributed by atoms with E-state index in [9.17, 15) is 24.3 Å². The molecule has 9 heteroatoms. The molecule has 1 aliphatic heterocycles. The normalized spacial score (nSPS) is 15.2. The van der Waals surface area contributed by atoms with Crippen LogP contribution < -0.4 is 15.0 Å². The lowest BCUT2D eigenvalue weighted by molar-refractivity contribution is -0.127. The molecule has 0 aromatic heterocycles. The number of ether oxygens (including phenoxy) is 2. The van der Waals surface area contributed by atoms with Crippen LogP contribution in [0.3, 0.4) is 0 Å². The van der Waals surface area contributed by atoms with Crippen LogP contribution in [-0.2, 0) is 14.3 Å². The summed E-state index contributed by atoms with van der Waals surface area (Å²) in [7, 11) is 0. The van der Waals surface area contributed by atoms with Crippen LogP contribution in [0.5, 0.6) is 5.75 Å². The summed E-state index contributed by atoms with van der Waals surface area (Å²) >= 11 is 0. The van der Waals surface area contributed by atoms with Crippen LogP contribution >= 0.6 is 0 Å². The molecule has 0 fully saturated rings. The quantitative estimate of drug-likeness (QED) is 0.681. The Balaban J connectivity index is 1.74. The summed E-state index contributed by atoms with van der Waals surface area (Å²) in [6.45, 7) is 4.71. The van der Waals surface area contributed by atoms with Crippen LogP contribution in [0, 0.1) is 0 Å². The van der Waals surface area contributed by atoms with E-state index in [0.717, 1.165) is 0 Å². The number of amides is 2. The summed E-state index contributed by atoms with van der Waals surface area (Å²) in [6.07, 6.45) is -1.06.